The fraction of sp³-hybridized carbons (Fsp3) is 0.700. The number of carbonyl (C=O) groups excluding carboxylic acids is 1. The summed E-state index contributed by atoms with van der Waals surface area (Å²) in [6.45, 7) is 0.313. The molecule has 15 heteroatoms. The molecular weight excluding hydrogens is 728 g/mol. The van der Waals surface area contributed by atoms with Gasteiger partial charge in [0.05, 0.1) is 18.2 Å². The van der Waals surface area contributed by atoms with Crippen LogP contribution in [0.3, 0.4) is 0 Å². The maximum Gasteiger partial charge on any atom is 0.434 e. The van der Waals surface area contributed by atoms with Crippen LogP contribution in [-0.2, 0) is 16.4 Å². The Balaban J connectivity index is 0.954. The van der Waals surface area contributed by atoms with Crippen molar-refractivity contribution in [3.63, 3.8) is 0 Å². The third kappa shape index (κ3) is 6.43. The Labute approximate surface area is 315 Å². The second kappa shape index (κ2) is 13.0. The summed E-state index contributed by atoms with van der Waals surface area (Å²) < 4.78 is 89.5. The molecule has 10 rings (SSSR count). The van der Waals surface area contributed by atoms with Crippen LogP contribution in [0.5, 0.6) is 5.75 Å². The van der Waals surface area contributed by atoms with Gasteiger partial charge in [-0.2, -0.15) is 26.3 Å². The number of alkyl halides is 6. The second-order valence-electron chi connectivity index (χ2n) is 18.0. The third-order valence-electron chi connectivity index (χ3n) is 14.7. The fourth-order valence-corrected chi connectivity index (χ4v) is 12.3. The molecule has 1 aromatic carbocycles. The van der Waals surface area contributed by atoms with Crippen LogP contribution < -0.4 is 15.0 Å². The number of rotatable bonds is 7. The summed E-state index contributed by atoms with van der Waals surface area (Å²) in [4.78, 5) is 38.2. The molecule has 1 amide bonds. The molecule has 0 atom stereocenters. The molecule has 2 aromatic rings. The Morgan fingerprint density at radius 2 is 1.56 bits per heavy atom. The van der Waals surface area contributed by atoms with E-state index in [2.05, 4.69) is 15.3 Å². The number of benzene rings is 1. The van der Waals surface area contributed by atoms with Crippen molar-refractivity contribution in [2.24, 2.45) is 29.1 Å². The predicted molar refractivity (Wildman–Crippen MR) is 188 cm³/mol. The van der Waals surface area contributed by atoms with Crippen molar-refractivity contribution in [1.82, 2.24) is 20.2 Å². The summed E-state index contributed by atoms with van der Waals surface area (Å²) in [7, 11) is 0. The van der Waals surface area contributed by atoms with Crippen LogP contribution >= 0.6 is 0 Å². The van der Waals surface area contributed by atoms with Crippen molar-refractivity contribution in [2.75, 3.05) is 31.1 Å². The van der Waals surface area contributed by atoms with Crippen LogP contribution in [0.4, 0.5) is 38.0 Å². The number of anilines is 2. The number of carbonyl (C=O) groups is 2. The van der Waals surface area contributed by atoms with Crippen molar-refractivity contribution >= 4 is 23.5 Å². The summed E-state index contributed by atoms with van der Waals surface area (Å²) in [5, 5.41) is 13.1. The van der Waals surface area contributed by atoms with E-state index in [1.807, 2.05) is 12.1 Å². The van der Waals surface area contributed by atoms with E-state index >= 15 is 0 Å². The van der Waals surface area contributed by atoms with Gasteiger partial charge in [0.2, 0.25) is 5.95 Å². The number of fused-ring (bicyclic) bond motifs is 2. The molecule has 6 aliphatic carbocycles. The van der Waals surface area contributed by atoms with Crippen molar-refractivity contribution in [1.29, 1.82) is 0 Å². The lowest BCUT2D eigenvalue weighted by molar-refractivity contribution is -0.163. The minimum atomic E-state index is -5.01. The Morgan fingerprint density at radius 3 is 2.16 bits per heavy atom. The molecule has 9 nitrogen and oxygen atoms in total. The molecule has 2 aliphatic heterocycles. The number of aromatic nitrogens is 2. The highest BCUT2D eigenvalue weighted by molar-refractivity contribution is 5.99. The van der Waals surface area contributed by atoms with Crippen LogP contribution in [0.1, 0.15) is 112 Å². The van der Waals surface area contributed by atoms with E-state index < -0.39 is 47.6 Å². The highest BCUT2D eigenvalue weighted by atomic mass is 19.4. The molecule has 7 fully saturated rings. The SMILES string of the molecule is O=C(NC1(C(=O)O)C2CC3CC(C2)CC1C3)c1cnc(N2CC3(CCCCC3)c3cc(OC4CC5(CCN(CC(F)(F)F)CC5)C4)ccc32)nc1C(F)(F)F. The number of piperidine rings is 1. The van der Waals surface area contributed by atoms with Gasteiger partial charge in [0.1, 0.15) is 11.3 Å². The van der Waals surface area contributed by atoms with Gasteiger partial charge in [0.15, 0.2) is 5.69 Å². The lowest BCUT2D eigenvalue weighted by Crippen LogP contribution is -2.70. The van der Waals surface area contributed by atoms with Gasteiger partial charge in [-0.25, -0.2) is 14.8 Å². The van der Waals surface area contributed by atoms with E-state index in [9.17, 15) is 41.0 Å². The van der Waals surface area contributed by atoms with Crippen LogP contribution in [-0.4, -0.2) is 75.8 Å². The van der Waals surface area contributed by atoms with Crippen molar-refractivity contribution in [3.05, 3.63) is 41.2 Å². The van der Waals surface area contributed by atoms with E-state index in [0.717, 1.165) is 63.1 Å². The first-order valence-corrected chi connectivity index (χ1v) is 19.9. The first kappa shape index (κ1) is 37.0. The summed E-state index contributed by atoms with van der Waals surface area (Å²) >= 11 is 0. The number of hydrogen-bond acceptors (Lipinski definition) is 7. The Bertz CT molecular complexity index is 1820. The van der Waals surface area contributed by atoms with Gasteiger partial charge in [-0.3, -0.25) is 9.69 Å². The van der Waals surface area contributed by atoms with E-state index in [1.165, 1.54) is 4.90 Å². The second-order valence-corrected chi connectivity index (χ2v) is 18.0. The van der Waals surface area contributed by atoms with Crippen molar-refractivity contribution < 1.29 is 45.8 Å². The Morgan fingerprint density at radius 1 is 0.909 bits per heavy atom. The van der Waals surface area contributed by atoms with Gasteiger partial charge in [0, 0.05) is 23.8 Å². The fourth-order valence-electron chi connectivity index (χ4n) is 12.3. The van der Waals surface area contributed by atoms with Crippen LogP contribution in [0.25, 0.3) is 0 Å². The molecular formula is C40H47F6N5O4. The van der Waals surface area contributed by atoms with Crippen LogP contribution in [0, 0.1) is 29.1 Å². The van der Waals surface area contributed by atoms with E-state index in [4.69, 9.17) is 4.74 Å². The highest BCUT2D eigenvalue weighted by Crippen LogP contribution is 2.59. The summed E-state index contributed by atoms with van der Waals surface area (Å²) in [6, 6.07) is 5.62. The van der Waals surface area contributed by atoms with Crippen molar-refractivity contribution in [2.45, 2.75) is 119 Å². The number of likely N-dealkylation sites (tertiary alicyclic amines) is 1. The number of carboxylic acid groups (broad SMARTS) is 1. The molecule has 3 heterocycles. The summed E-state index contributed by atoms with van der Waals surface area (Å²) in [5.41, 5.74) is -2.53. The molecule has 1 aromatic heterocycles. The number of amides is 1. The number of hydrogen-bond donors (Lipinski definition) is 2. The minimum absolute atomic E-state index is 0.00863. The molecule has 4 bridgehead atoms. The molecule has 0 radical (unpaired) electrons. The van der Waals surface area contributed by atoms with E-state index in [0.29, 0.717) is 81.4 Å². The summed E-state index contributed by atoms with van der Waals surface area (Å²) in [5.74, 6) is -1.75. The molecule has 0 unspecified atom stereocenters. The number of nitrogens with one attached hydrogen (secondary N) is 1. The highest BCUT2D eigenvalue weighted by Gasteiger charge is 2.62. The molecule has 8 aliphatic rings. The normalized spacial score (nSPS) is 31.1. The zero-order valence-electron chi connectivity index (χ0n) is 30.7. The largest absolute Gasteiger partial charge is 0.490 e. The first-order valence-electron chi connectivity index (χ1n) is 19.9. The summed E-state index contributed by atoms with van der Waals surface area (Å²) in [6.07, 6.45) is 2.77. The number of carboxylic acids is 1. The monoisotopic (exact) mass is 775 g/mol. The van der Waals surface area contributed by atoms with E-state index in [1.54, 1.807) is 11.0 Å². The molecule has 2 N–H and O–H groups in total. The smallest absolute Gasteiger partial charge is 0.434 e. The zero-order valence-corrected chi connectivity index (χ0v) is 30.7. The lowest BCUT2D eigenvalue weighted by atomic mass is 9.48. The van der Waals surface area contributed by atoms with Gasteiger partial charge in [-0.1, -0.05) is 19.3 Å². The number of halogens is 6. The molecule has 55 heavy (non-hydrogen) atoms. The maximum atomic E-state index is 14.8. The number of nitrogens with zero attached hydrogens (tertiary/aromatic N) is 4. The molecule has 1 saturated heterocycles. The number of aliphatic carboxylic acids is 1. The van der Waals surface area contributed by atoms with Crippen LogP contribution in [0.15, 0.2) is 24.4 Å². The first-order chi connectivity index (χ1) is 26.0. The standard InChI is InChI=1S/C40H47F6N5O4/c41-38(42,43)22-50-10-8-36(9-11-50)18-28(19-36)55-27-4-5-31-30(17-27)37(6-2-1-3-7-37)21-51(31)35-47-20-29(32(48-35)40(44,45)46)33(52)49-39(34(53)54)25-13-23-12-24(15-25)16-26(39)14-23/h4-5,17,20,23-26,28H,1-3,6-16,18-19,21-22H2,(H,49,52)(H,53,54). The zero-order chi connectivity index (χ0) is 38.5. The molecule has 298 valence electrons. The quantitative estimate of drug-likeness (QED) is 0.273. The topological polar surface area (TPSA) is 108 Å². The minimum Gasteiger partial charge on any atom is -0.490 e. The predicted octanol–water partition coefficient (Wildman–Crippen LogP) is 8.04. The van der Waals surface area contributed by atoms with Gasteiger partial charge >= 0.3 is 18.3 Å². The average Bonchev–Trinajstić information content (AvgIpc) is 3.41. The number of ether oxygens (including phenoxy) is 1. The van der Waals surface area contributed by atoms with E-state index in [-0.39, 0.29) is 34.7 Å². The van der Waals surface area contributed by atoms with Gasteiger partial charge in [-0.05, 0) is 137 Å². The molecule has 6 saturated carbocycles. The third-order valence-corrected chi connectivity index (χ3v) is 14.7. The van der Waals surface area contributed by atoms with Crippen LogP contribution in [0.2, 0.25) is 0 Å². The average molecular weight is 776 g/mol. The molecule has 2 spiro atoms. The van der Waals surface area contributed by atoms with Crippen molar-refractivity contribution in [3.8, 4) is 5.75 Å². The van der Waals surface area contributed by atoms with Gasteiger partial charge in [-0.15, -0.1) is 0 Å². The van der Waals surface area contributed by atoms with Gasteiger partial charge < -0.3 is 20.1 Å². The Kier molecular flexibility index (Phi) is 8.71. The lowest BCUT2D eigenvalue weighted by Gasteiger charge is -2.59. The maximum absolute atomic E-state index is 14.8. The Hall–Kier alpha value is -3.62. The van der Waals surface area contributed by atoms with Gasteiger partial charge in [0.25, 0.3) is 5.91 Å².